The lowest BCUT2D eigenvalue weighted by Gasteiger charge is -2.30. The van der Waals surface area contributed by atoms with E-state index in [4.69, 9.17) is 0 Å². The van der Waals surface area contributed by atoms with E-state index in [1.165, 1.54) is 11.1 Å². The van der Waals surface area contributed by atoms with Crippen LogP contribution < -0.4 is 0 Å². The van der Waals surface area contributed by atoms with Crippen LogP contribution in [0.25, 0.3) is 0 Å². The molecule has 0 radical (unpaired) electrons. The van der Waals surface area contributed by atoms with Gasteiger partial charge in [0, 0.05) is 12.0 Å². The number of rotatable bonds is 3. The third-order valence-electron chi connectivity index (χ3n) is 3.59. The SMILES string of the molecule is CC(C)n1c(CBr)nnc1C1Cc2ccccc21. The lowest BCUT2D eigenvalue weighted by atomic mass is 9.77. The Morgan fingerprint density at radius 3 is 2.78 bits per heavy atom. The first kappa shape index (κ1) is 11.9. The molecule has 0 saturated heterocycles. The molecule has 94 valence electrons. The number of nitrogens with zero attached hydrogens (tertiary/aromatic N) is 3. The molecule has 0 bridgehead atoms. The van der Waals surface area contributed by atoms with Crippen molar-refractivity contribution in [2.45, 2.75) is 37.6 Å². The van der Waals surface area contributed by atoms with Gasteiger partial charge in [0.05, 0.1) is 5.33 Å². The Morgan fingerprint density at radius 2 is 2.11 bits per heavy atom. The normalized spacial score (nSPS) is 17.7. The zero-order valence-corrected chi connectivity index (χ0v) is 12.2. The summed E-state index contributed by atoms with van der Waals surface area (Å²) in [5.41, 5.74) is 2.86. The maximum absolute atomic E-state index is 4.41. The van der Waals surface area contributed by atoms with Crippen molar-refractivity contribution in [2.24, 2.45) is 0 Å². The highest BCUT2D eigenvalue weighted by Gasteiger charge is 2.32. The van der Waals surface area contributed by atoms with Crippen molar-refractivity contribution in [3.8, 4) is 0 Å². The van der Waals surface area contributed by atoms with Crippen LogP contribution in [0.15, 0.2) is 24.3 Å². The third kappa shape index (κ3) is 1.70. The Morgan fingerprint density at radius 1 is 1.33 bits per heavy atom. The predicted molar refractivity (Wildman–Crippen MR) is 75.0 cm³/mol. The smallest absolute Gasteiger partial charge is 0.143 e. The van der Waals surface area contributed by atoms with Gasteiger partial charge < -0.3 is 4.57 Å². The molecule has 0 aliphatic heterocycles. The van der Waals surface area contributed by atoms with E-state index in [9.17, 15) is 0 Å². The standard InChI is InChI=1S/C14H16BrN3/c1-9(2)18-13(8-15)16-17-14(18)12-7-10-5-3-4-6-11(10)12/h3-6,9,12H,7-8H2,1-2H3. The Labute approximate surface area is 115 Å². The average molecular weight is 306 g/mol. The largest absolute Gasteiger partial charge is 0.311 e. The van der Waals surface area contributed by atoms with Gasteiger partial charge in [-0.2, -0.15) is 0 Å². The molecule has 1 unspecified atom stereocenters. The van der Waals surface area contributed by atoms with Crippen LogP contribution in [0.2, 0.25) is 0 Å². The van der Waals surface area contributed by atoms with E-state index in [-0.39, 0.29) is 0 Å². The van der Waals surface area contributed by atoms with Crippen LogP contribution in [-0.4, -0.2) is 14.8 Å². The molecule has 18 heavy (non-hydrogen) atoms. The molecule has 0 amide bonds. The summed E-state index contributed by atoms with van der Waals surface area (Å²) in [4.78, 5) is 0. The van der Waals surface area contributed by atoms with E-state index in [1.54, 1.807) is 0 Å². The molecule has 4 heteroatoms. The fourth-order valence-electron chi connectivity index (χ4n) is 2.72. The molecule has 1 atom stereocenters. The fourth-order valence-corrected chi connectivity index (χ4v) is 3.10. The molecular weight excluding hydrogens is 290 g/mol. The molecule has 3 rings (SSSR count). The summed E-state index contributed by atoms with van der Waals surface area (Å²) in [6.07, 6.45) is 1.09. The Kier molecular flexibility index (Phi) is 2.98. The first-order valence-corrected chi connectivity index (χ1v) is 7.42. The molecule has 0 spiro atoms. The van der Waals surface area contributed by atoms with Crippen LogP contribution in [0.5, 0.6) is 0 Å². The number of halogens is 1. The number of alkyl halides is 1. The van der Waals surface area contributed by atoms with Crippen molar-refractivity contribution in [3.63, 3.8) is 0 Å². The van der Waals surface area contributed by atoms with Gasteiger partial charge in [-0.1, -0.05) is 40.2 Å². The average Bonchev–Trinajstić information content (AvgIpc) is 2.74. The molecule has 0 fully saturated rings. The van der Waals surface area contributed by atoms with Crippen LogP contribution in [0.4, 0.5) is 0 Å². The quantitative estimate of drug-likeness (QED) is 0.813. The van der Waals surface area contributed by atoms with Gasteiger partial charge in [0.2, 0.25) is 0 Å². The summed E-state index contributed by atoms with van der Waals surface area (Å²) in [5, 5.41) is 9.47. The number of aromatic nitrogens is 3. The van der Waals surface area contributed by atoms with Crippen molar-refractivity contribution in [2.75, 3.05) is 0 Å². The number of hydrogen-bond donors (Lipinski definition) is 0. The first-order valence-electron chi connectivity index (χ1n) is 6.29. The molecule has 3 nitrogen and oxygen atoms in total. The van der Waals surface area contributed by atoms with E-state index < -0.39 is 0 Å². The highest BCUT2D eigenvalue weighted by molar-refractivity contribution is 9.08. The van der Waals surface area contributed by atoms with Crippen molar-refractivity contribution in [1.29, 1.82) is 0 Å². The molecular formula is C14H16BrN3. The van der Waals surface area contributed by atoms with Gasteiger partial charge >= 0.3 is 0 Å². The summed E-state index contributed by atoms with van der Waals surface area (Å²) >= 11 is 3.49. The monoisotopic (exact) mass is 305 g/mol. The Balaban J connectivity index is 2.03. The van der Waals surface area contributed by atoms with E-state index in [0.29, 0.717) is 12.0 Å². The minimum atomic E-state index is 0.398. The van der Waals surface area contributed by atoms with Crippen molar-refractivity contribution in [1.82, 2.24) is 14.8 Å². The van der Waals surface area contributed by atoms with E-state index in [1.807, 2.05) is 0 Å². The highest BCUT2D eigenvalue weighted by atomic mass is 79.9. The summed E-state index contributed by atoms with van der Waals surface area (Å²) in [7, 11) is 0. The maximum Gasteiger partial charge on any atom is 0.143 e. The van der Waals surface area contributed by atoms with E-state index >= 15 is 0 Å². The lowest BCUT2D eigenvalue weighted by Crippen LogP contribution is -2.23. The number of benzene rings is 1. The third-order valence-corrected chi connectivity index (χ3v) is 4.10. The van der Waals surface area contributed by atoms with Gasteiger partial charge in [-0.05, 0) is 31.4 Å². The Hall–Kier alpha value is -1.16. The molecule has 1 aliphatic rings. The lowest BCUT2D eigenvalue weighted by molar-refractivity contribution is 0.519. The van der Waals surface area contributed by atoms with Gasteiger partial charge in [0.25, 0.3) is 0 Å². The van der Waals surface area contributed by atoms with Gasteiger partial charge in [-0.25, -0.2) is 0 Å². The van der Waals surface area contributed by atoms with Gasteiger partial charge in [-0.3, -0.25) is 0 Å². The molecule has 1 aromatic heterocycles. The molecule has 1 heterocycles. The molecule has 1 aromatic carbocycles. The molecule has 2 aromatic rings. The van der Waals surface area contributed by atoms with Crippen molar-refractivity contribution in [3.05, 3.63) is 47.0 Å². The van der Waals surface area contributed by atoms with Crippen molar-refractivity contribution < 1.29 is 0 Å². The number of hydrogen-bond acceptors (Lipinski definition) is 2. The first-order chi connectivity index (χ1) is 8.72. The predicted octanol–water partition coefficient (Wildman–Crippen LogP) is 3.44. The second-order valence-corrected chi connectivity index (χ2v) is 5.59. The summed E-state index contributed by atoms with van der Waals surface area (Å²) in [6, 6.07) is 9.01. The van der Waals surface area contributed by atoms with Crippen LogP contribution >= 0.6 is 15.9 Å². The second kappa shape index (κ2) is 4.50. The van der Waals surface area contributed by atoms with Crippen LogP contribution in [0.1, 0.15) is 48.6 Å². The molecule has 0 N–H and O–H groups in total. The van der Waals surface area contributed by atoms with E-state index in [2.05, 4.69) is 68.8 Å². The minimum absolute atomic E-state index is 0.398. The maximum atomic E-state index is 4.41. The minimum Gasteiger partial charge on any atom is -0.311 e. The topological polar surface area (TPSA) is 30.7 Å². The van der Waals surface area contributed by atoms with Crippen molar-refractivity contribution >= 4 is 15.9 Å². The van der Waals surface area contributed by atoms with Gasteiger partial charge in [-0.15, -0.1) is 10.2 Å². The van der Waals surface area contributed by atoms with Crippen LogP contribution in [-0.2, 0) is 11.8 Å². The number of fused-ring (bicyclic) bond motifs is 1. The highest BCUT2D eigenvalue weighted by Crippen LogP contribution is 2.40. The second-order valence-electron chi connectivity index (χ2n) is 5.03. The molecule has 0 saturated carbocycles. The van der Waals surface area contributed by atoms with Crippen LogP contribution in [0, 0.1) is 0 Å². The zero-order chi connectivity index (χ0) is 12.7. The summed E-state index contributed by atoms with van der Waals surface area (Å²) < 4.78 is 2.26. The van der Waals surface area contributed by atoms with Gasteiger partial charge in [0.1, 0.15) is 11.6 Å². The van der Waals surface area contributed by atoms with Gasteiger partial charge in [0.15, 0.2) is 0 Å². The Bertz CT molecular complexity index is 574. The zero-order valence-electron chi connectivity index (χ0n) is 10.6. The van der Waals surface area contributed by atoms with E-state index in [0.717, 1.165) is 23.4 Å². The molecule has 1 aliphatic carbocycles. The van der Waals surface area contributed by atoms with Crippen LogP contribution in [0.3, 0.4) is 0 Å². The fraction of sp³-hybridized carbons (Fsp3) is 0.429. The summed E-state index contributed by atoms with van der Waals surface area (Å²) in [6.45, 7) is 4.37. The summed E-state index contributed by atoms with van der Waals surface area (Å²) in [5.74, 6) is 2.55.